The summed E-state index contributed by atoms with van der Waals surface area (Å²) in [5.41, 5.74) is 0.305. The van der Waals surface area contributed by atoms with Gasteiger partial charge in [0.05, 0.1) is 0 Å². The molecular formula is C16H12F3NO4. The molecule has 0 aliphatic carbocycles. The van der Waals surface area contributed by atoms with Crippen LogP contribution in [0.15, 0.2) is 48.5 Å². The van der Waals surface area contributed by atoms with E-state index in [0.717, 1.165) is 23.8 Å². The van der Waals surface area contributed by atoms with Gasteiger partial charge in [0.25, 0.3) is 0 Å². The Kier molecular flexibility index (Phi) is 5.08. The zero-order valence-electron chi connectivity index (χ0n) is 12.1. The van der Waals surface area contributed by atoms with Crippen molar-refractivity contribution in [2.45, 2.75) is 12.8 Å². The normalized spacial score (nSPS) is 11.0. The van der Waals surface area contributed by atoms with Crippen LogP contribution in [0.4, 0.5) is 18.9 Å². The first-order valence-electron chi connectivity index (χ1n) is 6.69. The van der Waals surface area contributed by atoms with Gasteiger partial charge < -0.3 is 15.2 Å². The number of hydrogen-bond acceptors (Lipinski definition) is 3. The molecule has 2 aromatic rings. The molecule has 8 heteroatoms. The molecule has 0 unspecified atom stereocenters. The zero-order chi connectivity index (χ0) is 17.7. The molecule has 126 valence electrons. The third-order valence-electron chi connectivity index (χ3n) is 2.96. The summed E-state index contributed by atoms with van der Waals surface area (Å²) in [4.78, 5) is 22.1. The summed E-state index contributed by atoms with van der Waals surface area (Å²) in [7, 11) is 0. The molecule has 0 aliphatic rings. The van der Waals surface area contributed by atoms with Crippen LogP contribution in [-0.4, -0.2) is 23.2 Å². The van der Waals surface area contributed by atoms with Crippen LogP contribution in [0.5, 0.6) is 5.75 Å². The molecule has 24 heavy (non-hydrogen) atoms. The van der Waals surface area contributed by atoms with E-state index >= 15 is 0 Å². The molecule has 0 saturated carbocycles. The Bertz CT molecular complexity index is 745. The monoisotopic (exact) mass is 339 g/mol. The lowest BCUT2D eigenvalue weighted by Gasteiger charge is -2.13. The lowest BCUT2D eigenvalue weighted by molar-refractivity contribution is -0.167. The number of ether oxygens (including phenoxy) is 1. The highest BCUT2D eigenvalue weighted by molar-refractivity contribution is 5.96. The molecule has 0 spiro atoms. The number of carboxylic acid groups (broad SMARTS) is 1. The van der Waals surface area contributed by atoms with Crippen molar-refractivity contribution >= 4 is 17.6 Å². The van der Waals surface area contributed by atoms with Crippen LogP contribution in [0.2, 0.25) is 0 Å². The van der Waals surface area contributed by atoms with E-state index in [2.05, 4.69) is 0 Å². The van der Waals surface area contributed by atoms with Crippen LogP contribution in [0, 0.1) is 0 Å². The number of rotatable bonds is 5. The molecule has 2 aromatic carbocycles. The number of carboxylic acids is 1. The molecule has 0 radical (unpaired) electrons. The van der Waals surface area contributed by atoms with Crippen molar-refractivity contribution in [2.24, 2.45) is 0 Å². The van der Waals surface area contributed by atoms with Crippen LogP contribution in [-0.2, 0) is 11.4 Å². The van der Waals surface area contributed by atoms with Gasteiger partial charge in [-0.2, -0.15) is 13.2 Å². The van der Waals surface area contributed by atoms with Gasteiger partial charge in [-0.05, 0) is 17.7 Å². The van der Waals surface area contributed by atoms with Crippen molar-refractivity contribution in [1.29, 1.82) is 0 Å². The molecule has 0 bridgehead atoms. The second kappa shape index (κ2) is 7.03. The van der Waals surface area contributed by atoms with Crippen LogP contribution in [0.25, 0.3) is 0 Å². The number of anilines is 1. The van der Waals surface area contributed by atoms with Crippen molar-refractivity contribution in [3.63, 3.8) is 0 Å². The largest absolute Gasteiger partial charge is 0.488 e. The minimum atomic E-state index is -5.05. The summed E-state index contributed by atoms with van der Waals surface area (Å²) >= 11 is 0. The lowest BCUT2D eigenvalue weighted by Crippen LogP contribution is -2.29. The average molecular weight is 339 g/mol. The van der Waals surface area contributed by atoms with Gasteiger partial charge in [0.2, 0.25) is 0 Å². The van der Waals surface area contributed by atoms with E-state index in [1.807, 2.05) is 0 Å². The summed E-state index contributed by atoms with van der Waals surface area (Å²) in [5, 5.41) is 10.8. The van der Waals surface area contributed by atoms with E-state index in [1.165, 1.54) is 0 Å². The summed E-state index contributed by atoms with van der Waals surface area (Å²) in [6.07, 6.45) is -5.05. The molecule has 5 nitrogen and oxygen atoms in total. The fraction of sp³-hybridized carbons (Fsp3) is 0.125. The summed E-state index contributed by atoms with van der Waals surface area (Å²) in [5.74, 6) is -3.60. The predicted octanol–water partition coefficient (Wildman–Crippen LogP) is 3.46. The lowest BCUT2D eigenvalue weighted by atomic mass is 10.1. The topological polar surface area (TPSA) is 75.6 Å². The van der Waals surface area contributed by atoms with E-state index in [1.54, 1.807) is 35.6 Å². The van der Waals surface area contributed by atoms with Gasteiger partial charge in [0.15, 0.2) is 0 Å². The second-order valence-corrected chi connectivity index (χ2v) is 4.74. The van der Waals surface area contributed by atoms with Crippen LogP contribution in [0.1, 0.15) is 15.9 Å². The van der Waals surface area contributed by atoms with Crippen LogP contribution < -0.4 is 10.1 Å². The maximum absolute atomic E-state index is 12.3. The highest BCUT2D eigenvalue weighted by Gasteiger charge is 2.38. The maximum atomic E-state index is 12.3. The number of amides is 1. The van der Waals surface area contributed by atoms with Gasteiger partial charge in [-0.1, -0.05) is 30.3 Å². The number of aromatic carboxylic acids is 1. The summed E-state index contributed by atoms with van der Waals surface area (Å²) in [6.45, 7) is 0.0256. The molecule has 0 atom stereocenters. The molecule has 0 aliphatic heterocycles. The molecule has 0 fully saturated rings. The van der Waals surface area contributed by atoms with Gasteiger partial charge in [-0.15, -0.1) is 0 Å². The molecule has 0 aromatic heterocycles. The van der Waals surface area contributed by atoms with E-state index in [0.29, 0.717) is 0 Å². The molecule has 2 N–H and O–H groups in total. The maximum Gasteiger partial charge on any atom is 0.471 e. The smallest absolute Gasteiger partial charge is 0.471 e. The van der Waals surface area contributed by atoms with Crippen LogP contribution in [0.3, 0.4) is 0 Å². The van der Waals surface area contributed by atoms with Crippen LogP contribution >= 0.6 is 0 Å². The molecule has 0 heterocycles. The third-order valence-corrected chi connectivity index (χ3v) is 2.96. The SMILES string of the molecule is O=C(O)c1ccc(NC(=O)C(F)(F)F)cc1OCc1ccccc1. The Morgan fingerprint density at radius 1 is 1.08 bits per heavy atom. The number of carbonyl (C=O) groups is 2. The van der Waals surface area contributed by atoms with Gasteiger partial charge >= 0.3 is 18.1 Å². The number of hydrogen-bond donors (Lipinski definition) is 2. The second-order valence-electron chi connectivity index (χ2n) is 4.74. The van der Waals surface area contributed by atoms with Crippen molar-refractivity contribution in [1.82, 2.24) is 0 Å². The van der Waals surface area contributed by atoms with Crippen molar-refractivity contribution < 1.29 is 32.6 Å². The summed E-state index contributed by atoms with van der Waals surface area (Å²) < 4.78 is 42.2. The summed E-state index contributed by atoms with van der Waals surface area (Å²) in [6, 6.07) is 12.0. The minimum absolute atomic E-state index is 0.0256. The number of carbonyl (C=O) groups excluding carboxylic acids is 1. The van der Waals surface area contributed by atoms with E-state index < -0.39 is 18.1 Å². The molecule has 0 saturated heterocycles. The first kappa shape index (κ1) is 17.3. The molecule has 2 rings (SSSR count). The first-order chi connectivity index (χ1) is 11.3. The van der Waals surface area contributed by atoms with E-state index in [4.69, 9.17) is 9.84 Å². The van der Waals surface area contributed by atoms with E-state index in [9.17, 15) is 22.8 Å². The molecular weight excluding hydrogens is 327 g/mol. The minimum Gasteiger partial charge on any atom is -0.488 e. The average Bonchev–Trinajstić information content (AvgIpc) is 2.53. The Labute approximate surface area is 134 Å². The third kappa shape index (κ3) is 4.48. The quantitative estimate of drug-likeness (QED) is 0.875. The van der Waals surface area contributed by atoms with Gasteiger partial charge in [0, 0.05) is 11.8 Å². The van der Waals surface area contributed by atoms with Crippen molar-refractivity contribution in [3.05, 3.63) is 59.7 Å². The fourth-order valence-corrected chi connectivity index (χ4v) is 1.83. The van der Waals surface area contributed by atoms with Crippen molar-refractivity contribution in [2.75, 3.05) is 5.32 Å². The van der Waals surface area contributed by atoms with Crippen molar-refractivity contribution in [3.8, 4) is 5.75 Å². The Morgan fingerprint density at radius 2 is 1.75 bits per heavy atom. The van der Waals surface area contributed by atoms with E-state index in [-0.39, 0.29) is 23.6 Å². The number of nitrogens with one attached hydrogen (secondary N) is 1. The first-order valence-corrected chi connectivity index (χ1v) is 6.69. The van der Waals surface area contributed by atoms with Gasteiger partial charge in [-0.25, -0.2) is 4.79 Å². The number of benzene rings is 2. The highest BCUT2D eigenvalue weighted by Crippen LogP contribution is 2.26. The fourth-order valence-electron chi connectivity index (χ4n) is 1.83. The predicted molar refractivity (Wildman–Crippen MR) is 78.9 cm³/mol. The number of alkyl halides is 3. The Balaban J connectivity index is 2.21. The van der Waals surface area contributed by atoms with Gasteiger partial charge in [-0.3, -0.25) is 4.79 Å². The van der Waals surface area contributed by atoms with Gasteiger partial charge in [0.1, 0.15) is 17.9 Å². The molecule has 1 amide bonds. The zero-order valence-corrected chi connectivity index (χ0v) is 12.1. The Morgan fingerprint density at radius 3 is 2.33 bits per heavy atom. The number of halogens is 3. The Hall–Kier alpha value is -3.03. The standard InChI is InChI=1S/C16H12F3NO4/c17-16(18,19)15(23)20-11-6-7-12(14(21)22)13(8-11)24-9-10-4-2-1-3-5-10/h1-8H,9H2,(H,20,23)(H,21,22). The highest BCUT2D eigenvalue weighted by atomic mass is 19.4.